The number of nitrogens with two attached hydrogens (primary N) is 1. The highest BCUT2D eigenvalue weighted by Gasteiger charge is 2.33. The van der Waals surface area contributed by atoms with E-state index in [-0.39, 0.29) is 24.5 Å². The van der Waals surface area contributed by atoms with Gasteiger partial charge in [0.1, 0.15) is 12.4 Å². The minimum Gasteiger partial charge on any atom is -0.445 e. The van der Waals surface area contributed by atoms with Gasteiger partial charge in [-0.3, -0.25) is 4.79 Å². The first kappa shape index (κ1) is 22.0. The number of carbonyl (C=O) groups excluding carboxylic acids is 2. The monoisotopic (exact) mass is 459 g/mol. The molecule has 0 fully saturated rings. The summed E-state index contributed by atoms with van der Waals surface area (Å²) in [5.41, 5.74) is 12.2. The Morgan fingerprint density at radius 3 is 2.82 bits per heavy atom. The summed E-state index contributed by atoms with van der Waals surface area (Å²) in [6, 6.07) is 15.5. The number of nitrogens with one attached hydrogen (secondary N) is 2. The predicted octanol–water partition coefficient (Wildman–Crippen LogP) is 3.80. The molecule has 2 aliphatic rings. The molecule has 0 saturated carbocycles. The normalized spacial score (nSPS) is 18.9. The van der Waals surface area contributed by atoms with Gasteiger partial charge in [0.05, 0.1) is 11.6 Å². The minimum absolute atomic E-state index is 0.105. The van der Waals surface area contributed by atoms with Crippen LogP contribution in [0.15, 0.2) is 48.5 Å². The van der Waals surface area contributed by atoms with Gasteiger partial charge in [-0.2, -0.15) is 9.78 Å². The highest BCUT2D eigenvalue weighted by atomic mass is 16.5. The second kappa shape index (κ2) is 9.21. The van der Waals surface area contributed by atoms with Gasteiger partial charge in [-0.25, -0.2) is 4.79 Å². The molecule has 1 aliphatic heterocycles. The van der Waals surface area contributed by atoms with E-state index in [4.69, 9.17) is 10.5 Å². The number of para-hydroxylation sites is 1. The molecule has 3 aromatic rings. The number of aromatic nitrogens is 2. The van der Waals surface area contributed by atoms with E-state index in [9.17, 15) is 9.59 Å². The minimum atomic E-state index is -0.457. The fourth-order valence-electron chi connectivity index (χ4n) is 4.94. The molecule has 5 rings (SSSR count). The number of ether oxygens (including phenoxy) is 1. The second-order valence-corrected chi connectivity index (χ2v) is 9.01. The lowest BCUT2D eigenvalue weighted by Gasteiger charge is -2.27. The summed E-state index contributed by atoms with van der Waals surface area (Å²) in [4.78, 5) is 25.8. The third-order valence-electron chi connectivity index (χ3n) is 6.74. The first-order chi connectivity index (χ1) is 16.5. The Kier molecular flexibility index (Phi) is 5.96. The summed E-state index contributed by atoms with van der Waals surface area (Å²) in [5.74, 6) is -0.0226. The highest BCUT2D eigenvalue weighted by molar-refractivity contribution is 5.90. The van der Waals surface area contributed by atoms with E-state index in [1.807, 2.05) is 55.5 Å². The fourth-order valence-corrected chi connectivity index (χ4v) is 4.94. The van der Waals surface area contributed by atoms with Crippen LogP contribution in [0, 0.1) is 6.92 Å². The molecule has 1 aromatic heterocycles. The quantitative estimate of drug-likeness (QED) is 0.547. The fraction of sp³-hybridized carbons (Fsp3) is 0.346. The van der Waals surface area contributed by atoms with Crippen LogP contribution in [0.3, 0.4) is 0 Å². The van der Waals surface area contributed by atoms with Crippen LogP contribution in [0.25, 0.3) is 0 Å². The van der Waals surface area contributed by atoms with Crippen molar-refractivity contribution < 1.29 is 14.3 Å². The summed E-state index contributed by atoms with van der Waals surface area (Å²) in [6.45, 7) is 2.99. The van der Waals surface area contributed by atoms with Gasteiger partial charge in [-0.1, -0.05) is 48.5 Å². The SMILES string of the molecule is Cc1cccc2c1NCC[C@H]2C(=O)n1nc2c(c1N)C[C@@H](NC(=O)OCc1ccccc1)CC2. The topological polar surface area (TPSA) is 111 Å². The van der Waals surface area contributed by atoms with Gasteiger partial charge in [0.2, 0.25) is 0 Å². The Balaban J connectivity index is 1.27. The van der Waals surface area contributed by atoms with Gasteiger partial charge < -0.3 is 21.1 Å². The van der Waals surface area contributed by atoms with Gasteiger partial charge in [-0.15, -0.1) is 0 Å². The van der Waals surface area contributed by atoms with E-state index in [1.165, 1.54) is 4.68 Å². The summed E-state index contributed by atoms with van der Waals surface area (Å²) < 4.78 is 6.73. The Morgan fingerprint density at radius 1 is 1.18 bits per heavy atom. The van der Waals surface area contributed by atoms with Crippen LogP contribution in [0.5, 0.6) is 0 Å². The number of nitrogens with zero attached hydrogens (tertiary/aromatic N) is 2. The number of benzene rings is 2. The van der Waals surface area contributed by atoms with Gasteiger partial charge in [-0.05, 0) is 49.3 Å². The molecular weight excluding hydrogens is 430 g/mol. The van der Waals surface area contributed by atoms with Crippen molar-refractivity contribution in [2.45, 2.75) is 51.2 Å². The van der Waals surface area contributed by atoms with Gasteiger partial charge in [0, 0.05) is 23.8 Å². The number of carbonyl (C=O) groups is 2. The molecule has 2 atom stereocenters. The number of hydrogen-bond donors (Lipinski definition) is 3. The number of hydrogen-bond acceptors (Lipinski definition) is 6. The van der Waals surface area contributed by atoms with Gasteiger partial charge in [0.25, 0.3) is 5.91 Å². The highest BCUT2D eigenvalue weighted by Crippen LogP contribution is 2.36. The summed E-state index contributed by atoms with van der Waals surface area (Å²) in [5, 5.41) is 10.9. The van der Waals surface area contributed by atoms with Crippen molar-refractivity contribution in [2.75, 3.05) is 17.6 Å². The van der Waals surface area contributed by atoms with Gasteiger partial charge >= 0.3 is 6.09 Å². The maximum atomic E-state index is 13.5. The van der Waals surface area contributed by atoms with Crippen molar-refractivity contribution >= 4 is 23.5 Å². The summed E-state index contributed by atoms with van der Waals surface area (Å²) in [6.07, 6.45) is 2.12. The number of aryl methyl sites for hydroxylation is 2. The number of alkyl carbamates (subject to hydrolysis) is 1. The van der Waals surface area contributed by atoms with E-state index in [2.05, 4.69) is 15.7 Å². The van der Waals surface area contributed by atoms with Crippen molar-refractivity contribution in [2.24, 2.45) is 0 Å². The van der Waals surface area contributed by atoms with Crippen LogP contribution in [0.4, 0.5) is 16.3 Å². The predicted molar refractivity (Wildman–Crippen MR) is 130 cm³/mol. The number of anilines is 2. The van der Waals surface area contributed by atoms with Crippen LogP contribution >= 0.6 is 0 Å². The average molecular weight is 460 g/mol. The summed E-state index contributed by atoms with van der Waals surface area (Å²) in [7, 11) is 0. The molecule has 0 radical (unpaired) electrons. The standard InChI is InChI=1S/C26H29N5O3/c1-16-6-5-9-19-20(12-13-28-23(16)19)25(32)31-24(27)21-14-18(10-11-22(21)30-31)29-26(33)34-15-17-7-3-2-4-8-17/h2-9,18,20,28H,10-15,27H2,1H3,(H,29,33)/t18-,20+/m0/s1. The third kappa shape index (κ3) is 4.23. The molecular formula is C26H29N5O3. The van der Waals surface area contributed by atoms with E-state index < -0.39 is 6.09 Å². The van der Waals surface area contributed by atoms with Gasteiger partial charge in [0.15, 0.2) is 0 Å². The first-order valence-electron chi connectivity index (χ1n) is 11.7. The molecule has 0 unspecified atom stereocenters. The molecule has 34 heavy (non-hydrogen) atoms. The summed E-state index contributed by atoms with van der Waals surface area (Å²) >= 11 is 0. The van der Waals surface area contributed by atoms with E-state index in [0.29, 0.717) is 31.5 Å². The lowest BCUT2D eigenvalue weighted by Crippen LogP contribution is -2.39. The maximum Gasteiger partial charge on any atom is 0.407 e. The molecule has 1 aliphatic carbocycles. The smallest absolute Gasteiger partial charge is 0.407 e. The maximum absolute atomic E-state index is 13.5. The van der Waals surface area contributed by atoms with Crippen molar-refractivity contribution in [3.63, 3.8) is 0 Å². The Hall–Kier alpha value is -3.81. The number of rotatable bonds is 4. The van der Waals surface area contributed by atoms with E-state index in [0.717, 1.165) is 40.2 Å². The third-order valence-corrected chi connectivity index (χ3v) is 6.74. The lowest BCUT2D eigenvalue weighted by atomic mass is 9.88. The Morgan fingerprint density at radius 2 is 2.00 bits per heavy atom. The molecule has 8 nitrogen and oxygen atoms in total. The van der Waals surface area contributed by atoms with Crippen molar-refractivity contribution in [1.82, 2.24) is 15.1 Å². The van der Waals surface area contributed by atoms with Crippen LogP contribution in [0.2, 0.25) is 0 Å². The number of amides is 1. The van der Waals surface area contributed by atoms with E-state index in [1.54, 1.807) is 0 Å². The molecule has 4 N–H and O–H groups in total. The van der Waals surface area contributed by atoms with Crippen molar-refractivity contribution in [3.05, 3.63) is 76.5 Å². The zero-order valence-electron chi connectivity index (χ0n) is 19.2. The molecule has 176 valence electrons. The molecule has 0 spiro atoms. The molecule has 2 heterocycles. The zero-order chi connectivity index (χ0) is 23.7. The lowest BCUT2D eigenvalue weighted by molar-refractivity contribution is 0.0859. The second-order valence-electron chi connectivity index (χ2n) is 9.01. The van der Waals surface area contributed by atoms with Crippen LogP contribution in [-0.2, 0) is 24.2 Å². The molecule has 0 bridgehead atoms. The molecule has 8 heteroatoms. The van der Waals surface area contributed by atoms with Crippen LogP contribution < -0.4 is 16.4 Å². The van der Waals surface area contributed by atoms with E-state index >= 15 is 0 Å². The van der Waals surface area contributed by atoms with Crippen molar-refractivity contribution in [1.29, 1.82) is 0 Å². The van der Waals surface area contributed by atoms with Crippen LogP contribution in [-0.4, -0.2) is 34.4 Å². The number of fused-ring (bicyclic) bond motifs is 2. The Bertz CT molecular complexity index is 1220. The first-order valence-corrected chi connectivity index (χ1v) is 11.7. The average Bonchev–Trinajstić information content (AvgIpc) is 3.19. The van der Waals surface area contributed by atoms with Crippen molar-refractivity contribution in [3.8, 4) is 0 Å². The van der Waals surface area contributed by atoms with Crippen LogP contribution in [0.1, 0.15) is 51.5 Å². The molecule has 1 amide bonds. The largest absolute Gasteiger partial charge is 0.445 e. The number of nitrogen functional groups attached to an aromatic ring is 1. The molecule has 2 aromatic carbocycles. The zero-order valence-corrected chi connectivity index (χ0v) is 19.2. The molecule has 0 saturated heterocycles. The Labute approximate surface area is 198 Å².